The van der Waals surface area contributed by atoms with Crippen LogP contribution in [-0.2, 0) is 14.3 Å². The lowest BCUT2D eigenvalue weighted by molar-refractivity contribution is -0.150. The molecule has 0 radical (unpaired) electrons. The Labute approximate surface area is 164 Å². The van der Waals surface area contributed by atoms with Crippen LogP contribution in [0.4, 0.5) is 5.82 Å². The zero-order valence-corrected chi connectivity index (χ0v) is 16.7. The van der Waals surface area contributed by atoms with Crippen LogP contribution < -0.4 is 5.32 Å². The average molecular weight is 406 g/mol. The molecule has 3 aromatic heterocycles. The Hall–Kier alpha value is -2.46. The Bertz CT molecular complexity index is 953. The molecule has 0 aromatic carbocycles. The summed E-state index contributed by atoms with van der Waals surface area (Å²) in [6.07, 6.45) is 2.16. The van der Waals surface area contributed by atoms with Crippen molar-refractivity contribution in [3.05, 3.63) is 30.0 Å². The number of fused-ring (bicyclic) bond motifs is 1. The van der Waals surface area contributed by atoms with Gasteiger partial charge in [-0.1, -0.05) is 11.8 Å². The van der Waals surface area contributed by atoms with Crippen molar-refractivity contribution < 1.29 is 14.3 Å². The highest BCUT2D eigenvalue weighted by molar-refractivity contribution is 8.00. The van der Waals surface area contributed by atoms with Crippen LogP contribution in [0, 0.1) is 0 Å². The third-order valence-corrected chi connectivity index (χ3v) is 5.44. The van der Waals surface area contributed by atoms with Crippen molar-refractivity contribution in [3.63, 3.8) is 0 Å². The van der Waals surface area contributed by atoms with Gasteiger partial charge in [-0.05, 0) is 32.2 Å². The Morgan fingerprint density at radius 1 is 1.30 bits per heavy atom. The molecule has 0 aliphatic rings. The zero-order chi connectivity index (χ0) is 19.4. The van der Waals surface area contributed by atoms with Gasteiger partial charge in [-0.15, -0.1) is 11.3 Å². The Morgan fingerprint density at radius 3 is 2.89 bits per heavy atom. The van der Waals surface area contributed by atoms with E-state index >= 15 is 0 Å². The molecule has 3 heterocycles. The molecule has 0 aliphatic heterocycles. The number of ether oxygens (including phenoxy) is 1. The van der Waals surface area contributed by atoms with E-state index in [0.29, 0.717) is 5.82 Å². The maximum absolute atomic E-state index is 12.3. The second-order valence-electron chi connectivity index (χ2n) is 5.98. The van der Waals surface area contributed by atoms with Gasteiger partial charge in [-0.25, -0.2) is 14.6 Å². The van der Waals surface area contributed by atoms with Crippen molar-refractivity contribution in [3.8, 4) is 0 Å². The van der Waals surface area contributed by atoms with Crippen molar-refractivity contribution >= 4 is 51.0 Å². The van der Waals surface area contributed by atoms with Gasteiger partial charge in [0.05, 0.1) is 11.9 Å². The number of nitrogens with one attached hydrogen (secondary N) is 1. The minimum Gasteiger partial charge on any atom is -0.452 e. The molecule has 1 N–H and O–H groups in total. The molecular weight excluding hydrogens is 386 g/mol. The van der Waals surface area contributed by atoms with E-state index in [0.717, 1.165) is 15.2 Å². The molecule has 0 saturated carbocycles. The van der Waals surface area contributed by atoms with Gasteiger partial charge in [-0.2, -0.15) is 5.10 Å². The number of carbonyl (C=O) groups is 2. The van der Waals surface area contributed by atoms with Gasteiger partial charge in [0.2, 0.25) is 0 Å². The lowest BCUT2D eigenvalue weighted by atomic mass is 10.3. The normalized spacial score (nSPS) is 12.3. The number of aromatic nitrogens is 4. The van der Waals surface area contributed by atoms with Gasteiger partial charge in [0, 0.05) is 17.5 Å². The minimum absolute atomic E-state index is 0.0590. The van der Waals surface area contributed by atoms with E-state index in [1.54, 1.807) is 16.9 Å². The second kappa shape index (κ2) is 8.49. The Kier molecular flexibility index (Phi) is 6.07. The van der Waals surface area contributed by atoms with Gasteiger partial charge < -0.3 is 10.1 Å². The fourth-order valence-electron chi connectivity index (χ4n) is 2.35. The fraction of sp³-hybridized carbons (Fsp3) is 0.353. The number of nitrogens with zero attached hydrogens (tertiary/aromatic N) is 4. The molecule has 0 unspecified atom stereocenters. The van der Waals surface area contributed by atoms with Crippen LogP contribution in [0.25, 0.3) is 10.2 Å². The van der Waals surface area contributed by atoms with Crippen molar-refractivity contribution in [1.29, 1.82) is 0 Å². The number of carbonyl (C=O) groups excluding carboxylic acids is 2. The first-order valence-electron chi connectivity index (χ1n) is 8.30. The number of anilines is 1. The molecule has 8 nitrogen and oxygen atoms in total. The van der Waals surface area contributed by atoms with E-state index in [9.17, 15) is 9.59 Å². The highest BCUT2D eigenvalue weighted by Gasteiger charge is 2.20. The number of thiophene rings is 1. The Morgan fingerprint density at radius 2 is 2.11 bits per heavy atom. The lowest BCUT2D eigenvalue weighted by Gasteiger charge is -2.15. The summed E-state index contributed by atoms with van der Waals surface area (Å²) in [6.45, 7) is 5.46. The van der Waals surface area contributed by atoms with Crippen LogP contribution in [-0.4, -0.2) is 43.5 Å². The minimum atomic E-state index is -0.917. The summed E-state index contributed by atoms with van der Waals surface area (Å²) < 4.78 is 6.92. The van der Waals surface area contributed by atoms with E-state index in [4.69, 9.17) is 4.74 Å². The molecule has 27 heavy (non-hydrogen) atoms. The number of amides is 1. The molecular formula is C17H19N5O3S2. The topological polar surface area (TPSA) is 99.0 Å². The van der Waals surface area contributed by atoms with E-state index in [-0.39, 0.29) is 11.8 Å². The summed E-state index contributed by atoms with van der Waals surface area (Å²) in [6, 6.07) is 3.72. The first-order valence-corrected chi connectivity index (χ1v) is 10.2. The monoisotopic (exact) mass is 405 g/mol. The first-order chi connectivity index (χ1) is 13.0. The molecule has 1 amide bonds. The number of esters is 1. The van der Waals surface area contributed by atoms with Crippen LogP contribution in [0.3, 0.4) is 0 Å². The predicted molar refractivity (Wildman–Crippen MR) is 105 cm³/mol. The third-order valence-electron chi connectivity index (χ3n) is 3.64. The van der Waals surface area contributed by atoms with Crippen molar-refractivity contribution in [2.45, 2.75) is 37.9 Å². The number of hydrogen-bond acceptors (Lipinski definition) is 8. The average Bonchev–Trinajstić information content (AvgIpc) is 3.28. The molecule has 142 valence electrons. The molecule has 0 spiro atoms. The molecule has 0 fully saturated rings. The molecule has 3 rings (SSSR count). The second-order valence-corrected chi connectivity index (χ2v) is 7.84. The van der Waals surface area contributed by atoms with E-state index in [1.165, 1.54) is 36.3 Å². The first kappa shape index (κ1) is 19.3. The highest BCUT2D eigenvalue weighted by atomic mass is 32.2. The van der Waals surface area contributed by atoms with Crippen LogP contribution in [0.15, 0.2) is 35.1 Å². The fourth-order valence-corrected chi connectivity index (χ4v) is 3.91. The molecule has 0 aliphatic carbocycles. The van der Waals surface area contributed by atoms with Gasteiger partial charge >= 0.3 is 5.97 Å². The van der Waals surface area contributed by atoms with E-state index < -0.39 is 18.0 Å². The summed E-state index contributed by atoms with van der Waals surface area (Å²) in [7, 11) is 0. The van der Waals surface area contributed by atoms with Crippen LogP contribution in [0.1, 0.15) is 26.8 Å². The Balaban J connectivity index is 1.53. The summed E-state index contributed by atoms with van der Waals surface area (Å²) in [4.78, 5) is 33.6. The smallest absolute Gasteiger partial charge is 0.317 e. The largest absolute Gasteiger partial charge is 0.452 e. The molecule has 1 atom stereocenters. The molecule has 0 saturated heterocycles. The van der Waals surface area contributed by atoms with Crippen LogP contribution >= 0.6 is 23.1 Å². The quantitative estimate of drug-likeness (QED) is 0.366. The van der Waals surface area contributed by atoms with Gasteiger partial charge in [0.25, 0.3) is 5.91 Å². The number of hydrogen-bond donors (Lipinski definition) is 1. The van der Waals surface area contributed by atoms with Gasteiger partial charge in [0.1, 0.15) is 22.0 Å². The highest BCUT2D eigenvalue weighted by Crippen LogP contribution is 2.27. The predicted octanol–water partition coefficient (Wildman–Crippen LogP) is 3.13. The summed E-state index contributed by atoms with van der Waals surface area (Å²) in [5.74, 6) is -0.267. The van der Waals surface area contributed by atoms with E-state index in [2.05, 4.69) is 20.4 Å². The van der Waals surface area contributed by atoms with Crippen molar-refractivity contribution in [2.75, 3.05) is 11.1 Å². The summed E-state index contributed by atoms with van der Waals surface area (Å²) in [5, 5.41) is 10.4. The van der Waals surface area contributed by atoms with Crippen LogP contribution in [0.5, 0.6) is 0 Å². The number of rotatable bonds is 7. The lowest BCUT2D eigenvalue weighted by Crippen LogP contribution is -2.31. The zero-order valence-electron chi connectivity index (χ0n) is 15.1. The van der Waals surface area contributed by atoms with Gasteiger partial charge in [-0.3, -0.25) is 9.59 Å². The maximum atomic E-state index is 12.3. The third kappa shape index (κ3) is 4.64. The summed E-state index contributed by atoms with van der Waals surface area (Å²) >= 11 is 2.78. The van der Waals surface area contributed by atoms with Crippen LogP contribution in [0.2, 0.25) is 0 Å². The van der Waals surface area contributed by atoms with E-state index in [1.807, 2.05) is 25.3 Å². The van der Waals surface area contributed by atoms with Crippen molar-refractivity contribution in [2.24, 2.45) is 0 Å². The SMILES string of the molecule is CC(C)n1nccc1NC(=O)[C@H](C)OC(=O)CSc1ncnc2sccc12. The standard InChI is InChI=1S/C17H19N5O3S2/c1-10(2)22-13(4-6-20-22)21-15(24)11(3)25-14(23)8-27-17-12-5-7-26-16(12)18-9-19-17/h4-7,9-11H,8H2,1-3H3,(H,21,24)/t11-/m0/s1. The molecule has 10 heteroatoms. The molecule has 0 bridgehead atoms. The summed E-state index contributed by atoms with van der Waals surface area (Å²) in [5.41, 5.74) is 0. The van der Waals surface area contributed by atoms with Crippen molar-refractivity contribution in [1.82, 2.24) is 19.7 Å². The maximum Gasteiger partial charge on any atom is 0.317 e. The molecule has 3 aromatic rings. The van der Waals surface area contributed by atoms with Gasteiger partial charge in [0.15, 0.2) is 6.10 Å². The number of thioether (sulfide) groups is 1.